The highest BCUT2D eigenvalue weighted by atomic mass is 35.5. The molecule has 2 aromatic rings. The lowest BCUT2D eigenvalue weighted by molar-refractivity contribution is -0.123. The van der Waals surface area contributed by atoms with E-state index in [0.29, 0.717) is 19.5 Å². The highest BCUT2D eigenvalue weighted by molar-refractivity contribution is 5.85. The van der Waals surface area contributed by atoms with Gasteiger partial charge in [0.15, 0.2) is 0 Å². The molecule has 0 unspecified atom stereocenters. The minimum Gasteiger partial charge on any atom is -0.380 e. The van der Waals surface area contributed by atoms with E-state index in [2.05, 4.69) is 20.7 Å². The molecule has 1 fully saturated rings. The van der Waals surface area contributed by atoms with E-state index >= 15 is 0 Å². The molecule has 1 aliphatic heterocycles. The van der Waals surface area contributed by atoms with Crippen molar-refractivity contribution < 1.29 is 9.53 Å². The predicted molar refractivity (Wildman–Crippen MR) is 99.1 cm³/mol. The first-order valence-electron chi connectivity index (χ1n) is 7.69. The molecular weight excluding hydrogens is 365 g/mol. The summed E-state index contributed by atoms with van der Waals surface area (Å²) < 4.78 is 7.04. The summed E-state index contributed by atoms with van der Waals surface area (Å²) in [5.74, 6) is 0.0140. The number of halogens is 2. The molecule has 9 heteroatoms. The van der Waals surface area contributed by atoms with E-state index < -0.39 is 0 Å². The van der Waals surface area contributed by atoms with Crippen LogP contribution in [-0.4, -0.2) is 46.5 Å². The molecule has 1 aliphatic rings. The molecule has 0 spiro atoms. The van der Waals surface area contributed by atoms with Crippen molar-refractivity contribution in [1.82, 2.24) is 25.4 Å². The fourth-order valence-corrected chi connectivity index (χ4v) is 2.76. The van der Waals surface area contributed by atoms with Crippen LogP contribution in [0.2, 0.25) is 0 Å². The van der Waals surface area contributed by atoms with Crippen LogP contribution in [0.3, 0.4) is 0 Å². The van der Waals surface area contributed by atoms with Crippen LogP contribution in [0, 0.1) is 0 Å². The number of amides is 1. The van der Waals surface area contributed by atoms with Gasteiger partial charge in [0.25, 0.3) is 0 Å². The van der Waals surface area contributed by atoms with Gasteiger partial charge in [-0.2, -0.15) is 5.10 Å². The van der Waals surface area contributed by atoms with Gasteiger partial charge in [-0.15, -0.1) is 24.8 Å². The lowest BCUT2D eigenvalue weighted by Gasteiger charge is -2.14. The molecule has 0 radical (unpaired) electrons. The highest BCUT2D eigenvalue weighted by Gasteiger charge is 2.29. The Bertz CT molecular complexity index is 654. The van der Waals surface area contributed by atoms with Gasteiger partial charge in [-0.25, -0.2) is 9.67 Å². The van der Waals surface area contributed by atoms with Crippen molar-refractivity contribution in [3.8, 4) is 0 Å². The van der Waals surface area contributed by atoms with Crippen LogP contribution < -0.4 is 10.6 Å². The van der Waals surface area contributed by atoms with Crippen molar-refractivity contribution in [3.05, 3.63) is 48.0 Å². The van der Waals surface area contributed by atoms with Crippen LogP contribution in [0.4, 0.5) is 0 Å². The van der Waals surface area contributed by atoms with Crippen LogP contribution in [0.25, 0.3) is 0 Å². The van der Waals surface area contributed by atoms with Gasteiger partial charge in [0.05, 0.1) is 18.7 Å². The molecule has 0 bridgehead atoms. The van der Waals surface area contributed by atoms with Gasteiger partial charge in [0.1, 0.15) is 12.7 Å². The highest BCUT2D eigenvalue weighted by Crippen LogP contribution is 2.12. The van der Waals surface area contributed by atoms with E-state index in [1.165, 1.54) is 6.33 Å². The average Bonchev–Trinajstić information content (AvgIpc) is 3.25. The van der Waals surface area contributed by atoms with Gasteiger partial charge in [0, 0.05) is 20.2 Å². The number of aromatic nitrogens is 3. The standard InChI is InChI=1S/C16H21N5O2.2ClH/c1-23-14-6-15(18-8-14)16(22)19-7-12-4-2-3-5-13(12)9-21-11-17-10-20-21;;/h2-5,10-11,14-15,18H,6-9H2,1H3,(H,19,22);2*1H/t14-,15-;;/m0../s1. The van der Waals surface area contributed by atoms with Gasteiger partial charge in [0.2, 0.25) is 5.91 Å². The number of nitrogens with one attached hydrogen (secondary N) is 2. The summed E-state index contributed by atoms with van der Waals surface area (Å²) in [6.45, 7) is 1.86. The number of methoxy groups -OCH3 is 1. The summed E-state index contributed by atoms with van der Waals surface area (Å²) in [6.07, 6.45) is 4.03. The fourth-order valence-electron chi connectivity index (χ4n) is 2.76. The number of hydrogen-bond acceptors (Lipinski definition) is 5. The lowest BCUT2D eigenvalue weighted by atomic mass is 10.1. The largest absolute Gasteiger partial charge is 0.380 e. The Hall–Kier alpha value is -1.67. The number of nitrogens with zero attached hydrogens (tertiary/aromatic N) is 3. The molecule has 2 N–H and O–H groups in total. The molecule has 3 rings (SSSR count). The molecule has 2 atom stereocenters. The molecule has 2 heterocycles. The Labute approximate surface area is 159 Å². The Morgan fingerprint density at radius 1 is 1.36 bits per heavy atom. The normalized spacial score (nSPS) is 18.9. The van der Waals surface area contributed by atoms with Crippen molar-refractivity contribution in [2.75, 3.05) is 13.7 Å². The van der Waals surface area contributed by atoms with Crippen LogP contribution in [0.5, 0.6) is 0 Å². The van der Waals surface area contributed by atoms with Crippen molar-refractivity contribution >= 4 is 30.7 Å². The van der Waals surface area contributed by atoms with Gasteiger partial charge in [-0.1, -0.05) is 24.3 Å². The third-order valence-corrected chi connectivity index (χ3v) is 4.11. The van der Waals surface area contributed by atoms with Crippen LogP contribution in [0.15, 0.2) is 36.9 Å². The molecule has 1 saturated heterocycles. The second-order valence-corrected chi connectivity index (χ2v) is 5.63. The average molecular weight is 388 g/mol. The molecular formula is C16H23Cl2N5O2. The van der Waals surface area contributed by atoms with E-state index in [1.807, 2.05) is 24.3 Å². The number of benzene rings is 1. The first-order chi connectivity index (χ1) is 11.3. The number of hydrogen-bond donors (Lipinski definition) is 2. The first-order valence-corrected chi connectivity index (χ1v) is 7.69. The minimum absolute atomic E-state index is 0. The quantitative estimate of drug-likeness (QED) is 0.777. The van der Waals surface area contributed by atoms with Gasteiger partial charge >= 0.3 is 0 Å². The maximum atomic E-state index is 12.3. The van der Waals surface area contributed by atoms with E-state index in [4.69, 9.17) is 4.74 Å². The van der Waals surface area contributed by atoms with Crippen molar-refractivity contribution in [2.24, 2.45) is 0 Å². The molecule has 25 heavy (non-hydrogen) atoms. The maximum absolute atomic E-state index is 12.3. The van der Waals surface area contributed by atoms with Gasteiger partial charge in [-0.05, 0) is 17.5 Å². The molecule has 138 valence electrons. The third-order valence-electron chi connectivity index (χ3n) is 4.11. The van der Waals surface area contributed by atoms with E-state index in [1.54, 1.807) is 18.1 Å². The van der Waals surface area contributed by atoms with E-state index in [-0.39, 0.29) is 42.9 Å². The Balaban J connectivity index is 0.00000156. The molecule has 7 nitrogen and oxygen atoms in total. The summed E-state index contributed by atoms with van der Waals surface area (Å²) in [5, 5.41) is 10.3. The molecule has 1 aromatic carbocycles. The number of carbonyl (C=O) groups excluding carboxylic acids is 1. The van der Waals surface area contributed by atoms with Crippen molar-refractivity contribution in [3.63, 3.8) is 0 Å². The minimum atomic E-state index is -0.178. The Kier molecular flexibility index (Phi) is 8.85. The molecule has 0 aliphatic carbocycles. The molecule has 1 amide bonds. The molecule has 0 saturated carbocycles. The summed E-state index contributed by atoms with van der Waals surface area (Å²) in [4.78, 5) is 16.2. The predicted octanol–water partition coefficient (Wildman–Crippen LogP) is 1.16. The summed E-state index contributed by atoms with van der Waals surface area (Å²) in [6, 6.07) is 7.84. The van der Waals surface area contributed by atoms with Gasteiger partial charge < -0.3 is 15.4 Å². The van der Waals surface area contributed by atoms with Crippen LogP contribution in [-0.2, 0) is 22.6 Å². The summed E-state index contributed by atoms with van der Waals surface area (Å²) in [7, 11) is 1.67. The Morgan fingerprint density at radius 3 is 2.76 bits per heavy atom. The zero-order valence-electron chi connectivity index (χ0n) is 13.9. The second kappa shape index (κ2) is 10.4. The second-order valence-electron chi connectivity index (χ2n) is 5.63. The topological polar surface area (TPSA) is 81.1 Å². The van der Waals surface area contributed by atoms with Crippen LogP contribution >= 0.6 is 24.8 Å². The zero-order chi connectivity index (χ0) is 16.1. The zero-order valence-corrected chi connectivity index (χ0v) is 15.6. The summed E-state index contributed by atoms with van der Waals surface area (Å²) in [5.41, 5.74) is 2.20. The number of ether oxygens (including phenoxy) is 1. The Morgan fingerprint density at radius 2 is 2.12 bits per heavy atom. The molecule has 1 aromatic heterocycles. The summed E-state index contributed by atoms with van der Waals surface area (Å²) >= 11 is 0. The van der Waals surface area contributed by atoms with E-state index in [9.17, 15) is 4.79 Å². The lowest BCUT2D eigenvalue weighted by Crippen LogP contribution is -2.40. The van der Waals surface area contributed by atoms with Crippen molar-refractivity contribution in [1.29, 1.82) is 0 Å². The monoisotopic (exact) mass is 387 g/mol. The SMILES string of the molecule is CO[C@@H]1CN[C@H](C(=O)NCc2ccccc2Cn2cncn2)C1.Cl.Cl. The van der Waals surface area contributed by atoms with Crippen LogP contribution in [0.1, 0.15) is 17.5 Å². The smallest absolute Gasteiger partial charge is 0.237 e. The fraction of sp³-hybridized carbons (Fsp3) is 0.438. The number of rotatable bonds is 6. The van der Waals surface area contributed by atoms with E-state index in [0.717, 1.165) is 17.7 Å². The number of carbonyl (C=O) groups is 1. The third kappa shape index (κ3) is 5.67. The van der Waals surface area contributed by atoms with Crippen molar-refractivity contribution in [2.45, 2.75) is 31.7 Å². The van der Waals surface area contributed by atoms with Gasteiger partial charge in [-0.3, -0.25) is 4.79 Å². The maximum Gasteiger partial charge on any atom is 0.237 e. The first kappa shape index (κ1) is 21.4.